The van der Waals surface area contributed by atoms with Crippen LogP contribution in [0.1, 0.15) is 55.4 Å². The highest BCUT2D eigenvalue weighted by atomic mass is 19.4. The number of aliphatic hydroxyl groups excluding tert-OH is 1. The summed E-state index contributed by atoms with van der Waals surface area (Å²) in [6.07, 6.45) is -4.93. The molecule has 1 unspecified atom stereocenters. The summed E-state index contributed by atoms with van der Waals surface area (Å²) in [6, 6.07) is 9.53. The molecule has 0 saturated heterocycles. The zero-order valence-electron chi connectivity index (χ0n) is 19.8. The van der Waals surface area contributed by atoms with Crippen molar-refractivity contribution in [2.75, 3.05) is 7.11 Å². The average molecular weight is 508 g/mol. The number of esters is 1. The minimum absolute atomic E-state index is 0.0797. The number of rotatable bonds is 10. The van der Waals surface area contributed by atoms with Gasteiger partial charge in [-0.1, -0.05) is 18.2 Å². The molecule has 8 nitrogen and oxygen atoms in total. The summed E-state index contributed by atoms with van der Waals surface area (Å²) in [5.41, 5.74) is -1.21. The van der Waals surface area contributed by atoms with E-state index in [4.69, 9.17) is 4.74 Å². The van der Waals surface area contributed by atoms with Crippen molar-refractivity contribution in [1.82, 2.24) is 10.6 Å². The second kappa shape index (κ2) is 11.0. The van der Waals surface area contributed by atoms with E-state index in [0.717, 1.165) is 12.1 Å². The number of methoxy groups -OCH3 is 1. The maximum absolute atomic E-state index is 13.5. The second-order valence-corrected chi connectivity index (χ2v) is 8.56. The number of aliphatic hydroxyl groups is 1. The van der Waals surface area contributed by atoms with Crippen molar-refractivity contribution < 1.29 is 42.1 Å². The van der Waals surface area contributed by atoms with E-state index in [2.05, 4.69) is 15.4 Å². The first-order valence-electron chi connectivity index (χ1n) is 11.3. The highest BCUT2D eigenvalue weighted by Gasteiger charge is 2.50. The molecule has 1 aliphatic rings. The van der Waals surface area contributed by atoms with Gasteiger partial charge in [-0.2, -0.15) is 13.2 Å². The Morgan fingerprint density at radius 3 is 2.31 bits per heavy atom. The first-order valence-corrected chi connectivity index (χ1v) is 11.3. The van der Waals surface area contributed by atoms with E-state index in [9.17, 15) is 32.7 Å². The third-order valence-corrected chi connectivity index (χ3v) is 5.74. The van der Waals surface area contributed by atoms with Crippen LogP contribution in [0.4, 0.5) is 13.2 Å². The van der Waals surface area contributed by atoms with Crippen molar-refractivity contribution in [2.45, 2.75) is 57.0 Å². The number of amides is 2. The maximum Gasteiger partial charge on any atom is 0.419 e. The van der Waals surface area contributed by atoms with Crippen LogP contribution in [-0.2, 0) is 31.8 Å². The number of hydrogen-bond acceptors (Lipinski definition) is 6. The fourth-order valence-electron chi connectivity index (χ4n) is 3.45. The summed E-state index contributed by atoms with van der Waals surface area (Å²) < 4.78 is 50.3. The molecule has 2 amide bonds. The Balaban J connectivity index is 1.57. The molecule has 0 bridgehead atoms. The number of carbonyl (C=O) groups is 3. The third kappa shape index (κ3) is 6.97. The van der Waals surface area contributed by atoms with Crippen LogP contribution in [0.15, 0.2) is 42.5 Å². The molecule has 1 fully saturated rings. The van der Waals surface area contributed by atoms with Gasteiger partial charge in [0.15, 0.2) is 0 Å². The number of hydrogen-bond donors (Lipinski definition) is 3. The molecule has 0 radical (unpaired) electrons. The molecule has 1 saturated carbocycles. The highest BCUT2D eigenvalue weighted by Crippen LogP contribution is 2.39. The topological polar surface area (TPSA) is 114 Å². The number of carbonyl (C=O) groups excluding carboxylic acids is 3. The Labute approximate surface area is 205 Å². The van der Waals surface area contributed by atoms with Crippen molar-refractivity contribution in [3.8, 4) is 11.5 Å². The van der Waals surface area contributed by atoms with Crippen LogP contribution < -0.4 is 15.4 Å². The van der Waals surface area contributed by atoms with Crippen molar-refractivity contribution in [2.24, 2.45) is 0 Å². The lowest BCUT2D eigenvalue weighted by Gasteiger charge is -2.18. The Morgan fingerprint density at radius 2 is 1.75 bits per heavy atom. The van der Waals surface area contributed by atoms with Gasteiger partial charge in [0.25, 0.3) is 0 Å². The van der Waals surface area contributed by atoms with Crippen LogP contribution in [0.5, 0.6) is 11.5 Å². The lowest BCUT2D eigenvalue weighted by atomic mass is 10.1. The van der Waals surface area contributed by atoms with Crippen LogP contribution in [0.3, 0.4) is 0 Å². The monoisotopic (exact) mass is 508 g/mol. The molecule has 0 aromatic heterocycles. The number of benzene rings is 2. The van der Waals surface area contributed by atoms with Gasteiger partial charge in [-0.3, -0.25) is 14.4 Å². The molecule has 0 heterocycles. The van der Waals surface area contributed by atoms with Gasteiger partial charge in [-0.25, -0.2) is 0 Å². The minimum atomic E-state index is -4.67. The first kappa shape index (κ1) is 27.0. The van der Waals surface area contributed by atoms with E-state index in [1.54, 1.807) is 12.1 Å². The molecule has 2 aromatic carbocycles. The molecule has 11 heteroatoms. The zero-order valence-corrected chi connectivity index (χ0v) is 19.8. The smallest absolute Gasteiger partial charge is 0.419 e. The van der Waals surface area contributed by atoms with Crippen LogP contribution in [-0.4, -0.2) is 35.5 Å². The summed E-state index contributed by atoms with van der Waals surface area (Å²) in [5, 5.41) is 15.0. The minimum Gasteiger partial charge on any atom is -0.469 e. The lowest BCUT2D eigenvalue weighted by Crippen LogP contribution is -2.48. The second-order valence-electron chi connectivity index (χ2n) is 8.56. The standard InChI is InChI=1S/C25H27F3N2O6/c1-15(31)17-5-8-20(19(13-17)25(26,27)28)36-18-6-3-16(4-7-18)14-29-23(34)24(11-12-24)30-21(32)9-10-22(33)35-2/h3-8,13,15,31H,9-12,14H2,1-2H3,(H,29,34)(H,30,32). The van der Waals surface area contributed by atoms with Crippen LogP contribution in [0, 0.1) is 0 Å². The van der Waals surface area contributed by atoms with E-state index in [-0.39, 0.29) is 36.6 Å². The molecule has 2 aromatic rings. The van der Waals surface area contributed by atoms with Gasteiger partial charge in [0.1, 0.15) is 17.0 Å². The van der Waals surface area contributed by atoms with Gasteiger partial charge in [0.05, 0.1) is 25.2 Å². The predicted octanol–water partition coefficient (Wildman–Crippen LogP) is 3.77. The largest absolute Gasteiger partial charge is 0.469 e. The predicted molar refractivity (Wildman–Crippen MR) is 122 cm³/mol. The summed E-state index contributed by atoms with van der Waals surface area (Å²) in [5.74, 6) is -1.53. The molecule has 0 aliphatic heterocycles. The molecular formula is C25H27F3N2O6. The van der Waals surface area contributed by atoms with Crippen molar-refractivity contribution in [1.29, 1.82) is 0 Å². The quantitative estimate of drug-likeness (QED) is 0.421. The molecule has 1 atom stereocenters. The maximum atomic E-state index is 13.5. The van der Waals surface area contributed by atoms with Gasteiger partial charge in [0.2, 0.25) is 11.8 Å². The Bertz CT molecular complexity index is 1110. The SMILES string of the molecule is COC(=O)CCC(=O)NC1(C(=O)NCc2ccc(Oc3ccc(C(C)O)cc3C(F)(F)F)cc2)CC1. The van der Waals surface area contributed by atoms with Gasteiger partial charge in [0, 0.05) is 13.0 Å². The number of alkyl halides is 3. The first-order chi connectivity index (χ1) is 16.9. The fraction of sp³-hybridized carbons (Fsp3) is 0.400. The molecule has 3 N–H and O–H groups in total. The summed E-state index contributed by atoms with van der Waals surface area (Å²) in [7, 11) is 1.23. The highest BCUT2D eigenvalue weighted by molar-refractivity contribution is 5.94. The average Bonchev–Trinajstić information content (AvgIpc) is 3.61. The number of ether oxygens (including phenoxy) is 2. The van der Waals surface area contributed by atoms with E-state index in [0.29, 0.717) is 18.4 Å². The van der Waals surface area contributed by atoms with Crippen LogP contribution in [0.25, 0.3) is 0 Å². The van der Waals surface area contributed by atoms with Gasteiger partial charge < -0.3 is 25.2 Å². The normalized spacial score (nSPS) is 14.9. The molecule has 36 heavy (non-hydrogen) atoms. The summed E-state index contributed by atoms with van der Waals surface area (Å²) in [6.45, 7) is 1.51. The van der Waals surface area contributed by atoms with E-state index < -0.39 is 41.0 Å². The van der Waals surface area contributed by atoms with Crippen molar-refractivity contribution >= 4 is 17.8 Å². The van der Waals surface area contributed by atoms with Gasteiger partial charge in [-0.15, -0.1) is 0 Å². The summed E-state index contributed by atoms with van der Waals surface area (Å²) in [4.78, 5) is 35.8. The Morgan fingerprint density at radius 1 is 1.08 bits per heavy atom. The molecule has 1 aliphatic carbocycles. The molecule has 194 valence electrons. The fourth-order valence-corrected chi connectivity index (χ4v) is 3.45. The molecular weight excluding hydrogens is 481 g/mol. The van der Waals surface area contributed by atoms with E-state index in [1.807, 2.05) is 0 Å². The van der Waals surface area contributed by atoms with E-state index >= 15 is 0 Å². The van der Waals surface area contributed by atoms with Crippen LogP contribution >= 0.6 is 0 Å². The van der Waals surface area contributed by atoms with Crippen LogP contribution in [0.2, 0.25) is 0 Å². The van der Waals surface area contributed by atoms with Gasteiger partial charge >= 0.3 is 12.1 Å². The zero-order chi connectivity index (χ0) is 26.5. The molecule has 0 spiro atoms. The number of halogens is 3. The van der Waals surface area contributed by atoms with Crippen molar-refractivity contribution in [3.63, 3.8) is 0 Å². The van der Waals surface area contributed by atoms with Gasteiger partial charge in [-0.05, 0) is 55.2 Å². The number of nitrogens with one attached hydrogen (secondary N) is 2. The Kier molecular flexibility index (Phi) is 8.24. The Hall–Kier alpha value is -3.60. The lowest BCUT2D eigenvalue weighted by molar-refractivity contribution is -0.142. The van der Waals surface area contributed by atoms with E-state index in [1.165, 1.54) is 32.2 Å². The third-order valence-electron chi connectivity index (χ3n) is 5.74. The molecule has 3 rings (SSSR count). The summed E-state index contributed by atoms with van der Waals surface area (Å²) >= 11 is 0. The van der Waals surface area contributed by atoms with Crippen molar-refractivity contribution in [3.05, 3.63) is 59.2 Å².